The zero-order chi connectivity index (χ0) is 12.9. The summed E-state index contributed by atoms with van der Waals surface area (Å²) in [5, 5.41) is 3.80. The van der Waals surface area contributed by atoms with Crippen LogP contribution in [0.2, 0.25) is 0 Å². The Balaban J connectivity index is 1.27. The molecule has 1 heterocycles. The van der Waals surface area contributed by atoms with Gasteiger partial charge in [0.05, 0.1) is 0 Å². The molecular weight excluding hydrogens is 234 g/mol. The SMILES string of the molecule is C1CCCC(NCCN2CCN(C3CC3)CC2)CC1. The van der Waals surface area contributed by atoms with Crippen LogP contribution in [0.1, 0.15) is 51.4 Å². The number of rotatable bonds is 5. The van der Waals surface area contributed by atoms with Gasteiger partial charge in [-0.2, -0.15) is 0 Å². The van der Waals surface area contributed by atoms with Crippen molar-refractivity contribution in [2.45, 2.75) is 63.5 Å². The van der Waals surface area contributed by atoms with Gasteiger partial charge in [0.1, 0.15) is 0 Å². The van der Waals surface area contributed by atoms with E-state index in [1.54, 1.807) is 0 Å². The van der Waals surface area contributed by atoms with Crippen molar-refractivity contribution in [2.75, 3.05) is 39.3 Å². The summed E-state index contributed by atoms with van der Waals surface area (Å²) in [6.07, 6.45) is 11.6. The van der Waals surface area contributed by atoms with Crippen molar-refractivity contribution in [2.24, 2.45) is 0 Å². The van der Waals surface area contributed by atoms with Crippen LogP contribution in [0.4, 0.5) is 0 Å². The quantitative estimate of drug-likeness (QED) is 0.768. The van der Waals surface area contributed by atoms with E-state index in [1.807, 2.05) is 0 Å². The van der Waals surface area contributed by atoms with E-state index >= 15 is 0 Å². The Hall–Kier alpha value is -0.120. The van der Waals surface area contributed by atoms with Crippen molar-refractivity contribution in [3.63, 3.8) is 0 Å². The molecule has 1 aliphatic heterocycles. The minimum atomic E-state index is 0.815. The number of hydrogen-bond donors (Lipinski definition) is 1. The Morgan fingerprint density at radius 3 is 2.11 bits per heavy atom. The van der Waals surface area contributed by atoms with Gasteiger partial charge in [-0.3, -0.25) is 9.80 Å². The summed E-state index contributed by atoms with van der Waals surface area (Å²) in [7, 11) is 0. The summed E-state index contributed by atoms with van der Waals surface area (Å²) in [5.74, 6) is 0. The standard InChI is InChI=1S/C16H31N3/c1-2-4-6-15(5-3-1)17-9-10-18-11-13-19(14-12-18)16-7-8-16/h15-17H,1-14H2. The van der Waals surface area contributed by atoms with Gasteiger partial charge in [-0.25, -0.2) is 0 Å². The highest BCUT2D eigenvalue weighted by Gasteiger charge is 2.30. The van der Waals surface area contributed by atoms with Crippen molar-refractivity contribution < 1.29 is 0 Å². The number of hydrogen-bond acceptors (Lipinski definition) is 3. The molecule has 0 bridgehead atoms. The molecule has 1 saturated heterocycles. The molecule has 3 nitrogen and oxygen atoms in total. The Kier molecular flexibility index (Phi) is 5.14. The van der Waals surface area contributed by atoms with E-state index < -0.39 is 0 Å². The monoisotopic (exact) mass is 265 g/mol. The highest BCUT2D eigenvalue weighted by atomic mass is 15.3. The number of nitrogens with zero attached hydrogens (tertiary/aromatic N) is 2. The molecule has 0 amide bonds. The van der Waals surface area contributed by atoms with Crippen LogP contribution >= 0.6 is 0 Å². The van der Waals surface area contributed by atoms with Crippen LogP contribution in [0.5, 0.6) is 0 Å². The molecule has 2 aliphatic carbocycles. The molecule has 3 fully saturated rings. The fourth-order valence-electron chi connectivity index (χ4n) is 3.70. The zero-order valence-electron chi connectivity index (χ0n) is 12.4. The summed E-state index contributed by atoms with van der Waals surface area (Å²) in [6.45, 7) is 7.68. The van der Waals surface area contributed by atoms with E-state index in [0.717, 1.165) is 12.1 Å². The molecule has 3 heteroatoms. The van der Waals surface area contributed by atoms with Crippen LogP contribution in [-0.2, 0) is 0 Å². The van der Waals surface area contributed by atoms with Gasteiger partial charge in [-0.15, -0.1) is 0 Å². The Bertz CT molecular complexity index is 249. The summed E-state index contributed by atoms with van der Waals surface area (Å²) in [6, 6.07) is 1.78. The smallest absolute Gasteiger partial charge is 0.0113 e. The van der Waals surface area contributed by atoms with Gasteiger partial charge in [-0.05, 0) is 25.7 Å². The van der Waals surface area contributed by atoms with Crippen LogP contribution in [0.3, 0.4) is 0 Å². The highest BCUT2D eigenvalue weighted by Crippen LogP contribution is 2.27. The Labute approximate surface area is 118 Å². The van der Waals surface area contributed by atoms with Crippen LogP contribution in [0.25, 0.3) is 0 Å². The third-order valence-corrected chi connectivity index (χ3v) is 5.19. The molecule has 0 aromatic heterocycles. The molecule has 110 valence electrons. The molecule has 0 spiro atoms. The maximum absolute atomic E-state index is 3.80. The molecule has 2 saturated carbocycles. The molecule has 1 N–H and O–H groups in total. The first-order valence-electron chi connectivity index (χ1n) is 8.61. The van der Waals surface area contributed by atoms with Gasteiger partial charge >= 0.3 is 0 Å². The van der Waals surface area contributed by atoms with Gasteiger partial charge in [0.2, 0.25) is 0 Å². The molecule has 0 aromatic rings. The van der Waals surface area contributed by atoms with Gasteiger partial charge in [0.25, 0.3) is 0 Å². The zero-order valence-corrected chi connectivity index (χ0v) is 12.4. The maximum atomic E-state index is 3.80. The van der Waals surface area contributed by atoms with Crippen molar-refractivity contribution in [1.82, 2.24) is 15.1 Å². The predicted octanol–water partition coefficient (Wildman–Crippen LogP) is 2.08. The lowest BCUT2D eigenvalue weighted by Crippen LogP contribution is -2.49. The van der Waals surface area contributed by atoms with E-state index in [0.29, 0.717) is 0 Å². The fourth-order valence-corrected chi connectivity index (χ4v) is 3.70. The van der Waals surface area contributed by atoms with Gasteiger partial charge in [-0.1, -0.05) is 25.7 Å². The van der Waals surface area contributed by atoms with Crippen molar-refractivity contribution in [1.29, 1.82) is 0 Å². The minimum Gasteiger partial charge on any atom is -0.313 e. The average molecular weight is 265 g/mol. The first-order chi connectivity index (χ1) is 9.42. The highest BCUT2D eigenvalue weighted by molar-refractivity contribution is 4.87. The number of piperazine rings is 1. The minimum absolute atomic E-state index is 0.815. The van der Waals surface area contributed by atoms with Gasteiger partial charge in [0.15, 0.2) is 0 Å². The Morgan fingerprint density at radius 2 is 1.47 bits per heavy atom. The first kappa shape index (κ1) is 13.8. The average Bonchev–Trinajstić information content (AvgIpc) is 3.27. The van der Waals surface area contributed by atoms with Crippen molar-refractivity contribution in [3.8, 4) is 0 Å². The molecule has 0 unspecified atom stereocenters. The lowest BCUT2D eigenvalue weighted by Gasteiger charge is -2.35. The molecule has 3 rings (SSSR count). The van der Waals surface area contributed by atoms with Gasteiger partial charge < -0.3 is 5.32 Å². The maximum Gasteiger partial charge on any atom is 0.0113 e. The Morgan fingerprint density at radius 1 is 0.789 bits per heavy atom. The second-order valence-electron chi connectivity index (χ2n) is 6.75. The van der Waals surface area contributed by atoms with Gasteiger partial charge in [0, 0.05) is 51.4 Å². The second kappa shape index (κ2) is 7.05. The summed E-state index contributed by atoms with van der Waals surface area (Å²) >= 11 is 0. The van der Waals surface area contributed by atoms with Crippen LogP contribution < -0.4 is 5.32 Å². The van der Waals surface area contributed by atoms with Crippen LogP contribution in [-0.4, -0.2) is 61.2 Å². The van der Waals surface area contributed by atoms with E-state index in [-0.39, 0.29) is 0 Å². The van der Waals surface area contributed by atoms with Crippen molar-refractivity contribution in [3.05, 3.63) is 0 Å². The first-order valence-corrected chi connectivity index (χ1v) is 8.61. The van der Waals surface area contributed by atoms with E-state index in [9.17, 15) is 0 Å². The summed E-state index contributed by atoms with van der Waals surface area (Å²) in [5.41, 5.74) is 0. The third kappa shape index (κ3) is 4.44. The lowest BCUT2D eigenvalue weighted by molar-refractivity contribution is 0.126. The molecule has 3 aliphatic rings. The molecule has 0 atom stereocenters. The lowest BCUT2D eigenvalue weighted by atomic mass is 10.1. The van der Waals surface area contributed by atoms with E-state index in [1.165, 1.54) is 90.6 Å². The number of nitrogens with one attached hydrogen (secondary N) is 1. The van der Waals surface area contributed by atoms with E-state index in [2.05, 4.69) is 15.1 Å². The summed E-state index contributed by atoms with van der Waals surface area (Å²) in [4.78, 5) is 5.36. The predicted molar refractivity (Wildman–Crippen MR) is 80.5 cm³/mol. The van der Waals surface area contributed by atoms with Crippen LogP contribution in [0, 0.1) is 0 Å². The molecule has 0 aromatic carbocycles. The van der Waals surface area contributed by atoms with E-state index in [4.69, 9.17) is 0 Å². The fraction of sp³-hybridized carbons (Fsp3) is 1.00. The normalized spacial score (nSPS) is 28.4. The molecule has 0 radical (unpaired) electrons. The van der Waals surface area contributed by atoms with Crippen molar-refractivity contribution >= 4 is 0 Å². The van der Waals surface area contributed by atoms with Crippen LogP contribution in [0.15, 0.2) is 0 Å². The molecule has 19 heavy (non-hydrogen) atoms. The summed E-state index contributed by atoms with van der Waals surface area (Å²) < 4.78 is 0. The topological polar surface area (TPSA) is 18.5 Å². The molecular formula is C16H31N3. The largest absolute Gasteiger partial charge is 0.313 e. The second-order valence-corrected chi connectivity index (χ2v) is 6.75. The third-order valence-electron chi connectivity index (χ3n) is 5.19.